The molecule has 0 saturated heterocycles. The van der Waals surface area contributed by atoms with Crippen LogP contribution in [0.2, 0.25) is 0 Å². The predicted octanol–water partition coefficient (Wildman–Crippen LogP) is 2.15. The van der Waals surface area contributed by atoms with E-state index in [4.69, 9.17) is 0 Å². The average molecular weight is 214 g/mol. The Morgan fingerprint density at radius 1 is 1.50 bits per heavy atom. The minimum absolute atomic E-state index is 0.195. The highest BCUT2D eigenvalue weighted by molar-refractivity contribution is 6.03. The van der Waals surface area contributed by atoms with Crippen molar-refractivity contribution in [1.82, 2.24) is 9.97 Å². The first kappa shape index (κ1) is 10.4. The molecule has 81 valence electrons. The Labute approximate surface area is 93.7 Å². The van der Waals surface area contributed by atoms with Crippen molar-refractivity contribution in [3.63, 3.8) is 0 Å². The first-order chi connectivity index (χ1) is 7.65. The molecule has 0 atom stereocenters. The maximum atomic E-state index is 11.8. The molecule has 16 heavy (non-hydrogen) atoms. The van der Waals surface area contributed by atoms with E-state index in [2.05, 4.69) is 22.2 Å². The highest BCUT2D eigenvalue weighted by atomic mass is 16.1. The summed E-state index contributed by atoms with van der Waals surface area (Å²) in [5.74, 6) is 0.261. The molecule has 4 heteroatoms. The van der Waals surface area contributed by atoms with Gasteiger partial charge in [0.25, 0.3) is 5.91 Å². The number of carbonyl (C=O) groups is 1. The number of imidazole rings is 1. The molecule has 0 spiro atoms. The van der Waals surface area contributed by atoms with Crippen molar-refractivity contribution >= 4 is 11.9 Å². The quantitative estimate of drug-likeness (QED) is 0.804. The molecule has 0 bridgehead atoms. The summed E-state index contributed by atoms with van der Waals surface area (Å²) in [6, 6.07) is 7.10. The van der Waals surface area contributed by atoms with Crippen LogP contribution in [-0.4, -0.2) is 15.9 Å². The fourth-order valence-corrected chi connectivity index (χ4v) is 1.37. The van der Waals surface area contributed by atoms with Gasteiger partial charge in [-0.25, -0.2) is 4.98 Å². The zero-order valence-corrected chi connectivity index (χ0v) is 8.95. The number of nitrogens with one attached hydrogen (secondary N) is 2. The second-order valence-electron chi connectivity index (χ2n) is 3.54. The fourth-order valence-electron chi connectivity index (χ4n) is 1.37. The molecule has 2 rings (SSSR count). The molecule has 1 amide bonds. The lowest BCUT2D eigenvalue weighted by atomic mass is 10.1. The van der Waals surface area contributed by atoms with Crippen LogP contribution in [0.1, 0.15) is 21.6 Å². The number of carbonyl (C=O) groups excluding carboxylic acids is 1. The van der Waals surface area contributed by atoms with E-state index in [1.807, 2.05) is 13.0 Å². The SMILES string of the molecule is [CH2]c1cccc(C(=O)Nc2nc(C)c[nH]2)c1. The highest BCUT2D eigenvalue weighted by Crippen LogP contribution is 2.07. The maximum Gasteiger partial charge on any atom is 0.257 e. The number of benzene rings is 1. The Morgan fingerprint density at radius 2 is 2.31 bits per heavy atom. The lowest BCUT2D eigenvalue weighted by Gasteiger charge is -2.02. The molecule has 1 heterocycles. The zero-order valence-electron chi connectivity index (χ0n) is 8.95. The van der Waals surface area contributed by atoms with Crippen molar-refractivity contribution in [2.75, 3.05) is 5.32 Å². The van der Waals surface area contributed by atoms with Crippen LogP contribution in [0.5, 0.6) is 0 Å². The monoisotopic (exact) mass is 214 g/mol. The van der Waals surface area contributed by atoms with Gasteiger partial charge in [-0.2, -0.15) is 0 Å². The second-order valence-corrected chi connectivity index (χ2v) is 3.54. The van der Waals surface area contributed by atoms with E-state index in [9.17, 15) is 4.79 Å². The van der Waals surface area contributed by atoms with Gasteiger partial charge in [-0.3, -0.25) is 10.1 Å². The molecule has 2 aromatic rings. The fraction of sp³-hybridized carbons (Fsp3) is 0.0833. The minimum atomic E-state index is -0.195. The molecule has 1 radical (unpaired) electrons. The lowest BCUT2D eigenvalue weighted by molar-refractivity contribution is 0.102. The number of H-pyrrole nitrogens is 1. The van der Waals surface area contributed by atoms with Crippen LogP contribution in [0.15, 0.2) is 30.5 Å². The third-order valence-electron chi connectivity index (χ3n) is 2.13. The summed E-state index contributed by atoms with van der Waals surface area (Å²) < 4.78 is 0. The van der Waals surface area contributed by atoms with Crippen LogP contribution < -0.4 is 5.32 Å². The van der Waals surface area contributed by atoms with E-state index in [1.165, 1.54) is 0 Å². The summed E-state index contributed by atoms with van der Waals surface area (Å²) in [6.45, 7) is 5.62. The molecular weight excluding hydrogens is 202 g/mol. The van der Waals surface area contributed by atoms with Gasteiger partial charge in [0.15, 0.2) is 0 Å². The zero-order chi connectivity index (χ0) is 11.5. The number of nitrogens with zero attached hydrogens (tertiary/aromatic N) is 1. The number of hydrogen-bond donors (Lipinski definition) is 2. The molecule has 1 aromatic carbocycles. The van der Waals surface area contributed by atoms with Crippen molar-refractivity contribution in [3.8, 4) is 0 Å². The average Bonchev–Trinajstić information content (AvgIpc) is 2.64. The molecule has 0 unspecified atom stereocenters. The summed E-state index contributed by atoms with van der Waals surface area (Å²) in [5.41, 5.74) is 2.21. The van der Waals surface area contributed by atoms with Crippen LogP contribution in [0.25, 0.3) is 0 Å². The first-order valence-electron chi connectivity index (χ1n) is 4.90. The molecule has 4 nitrogen and oxygen atoms in total. The summed E-state index contributed by atoms with van der Waals surface area (Å²) in [5, 5.41) is 2.67. The Bertz CT molecular complexity index is 516. The van der Waals surface area contributed by atoms with E-state index < -0.39 is 0 Å². The molecule has 0 fully saturated rings. The van der Waals surface area contributed by atoms with Crippen molar-refractivity contribution < 1.29 is 4.79 Å². The first-order valence-corrected chi connectivity index (χ1v) is 4.90. The Hall–Kier alpha value is -2.10. The molecule has 0 saturated carbocycles. The maximum absolute atomic E-state index is 11.8. The van der Waals surface area contributed by atoms with Gasteiger partial charge in [-0.05, 0) is 31.5 Å². The van der Waals surface area contributed by atoms with Gasteiger partial charge in [-0.15, -0.1) is 0 Å². The molecule has 1 aromatic heterocycles. The summed E-state index contributed by atoms with van der Waals surface area (Å²) in [7, 11) is 0. The van der Waals surface area contributed by atoms with Crippen molar-refractivity contribution in [1.29, 1.82) is 0 Å². The smallest absolute Gasteiger partial charge is 0.257 e. The largest absolute Gasteiger partial charge is 0.330 e. The number of hydrogen-bond acceptors (Lipinski definition) is 2. The number of rotatable bonds is 2. The normalized spacial score (nSPS) is 10.1. The van der Waals surface area contributed by atoms with Gasteiger partial charge >= 0.3 is 0 Å². The van der Waals surface area contributed by atoms with Crippen LogP contribution in [0, 0.1) is 13.8 Å². The van der Waals surface area contributed by atoms with Crippen LogP contribution in [0.3, 0.4) is 0 Å². The number of aromatic nitrogens is 2. The van der Waals surface area contributed by atoms with E-state index in [0.717, 1.165) is 11.3 Å². The van der Waals surface area contributed by atoms with Gasteiger partial charge < -0.3 is 4.98 Å². The number of aryl methyl sites for hydroxylation is 1. The molecule has 2 N–H and O–H groups in total. The van der Waals surface area contributed by atoms with E-state index in [1.54, 1.807) is 24.4 Å². The van der Waals surface area contributed by atoms with Gasteiger partial charge in [-0.1, -0.05) is 12.1 Å². The van der Waals surface area contributed by atoms with Crippen LogP contribution in [0.4, 0.5) is 5.95 Å². The number of anilines is 1. The van der Waals surface area contributed by atoms with Gasteiger partial charge in [0.05, 0.1) is 5.69 Å². The predicted molar refractivity (Wildman–Crippen MR) is 62.2 cm³/mol. The molecular formula is C12H12N3O. The summed E-state index contributed by atoms with van der Waals surface area (Å²) in [4.78, 5) is 18.7. The minimum Gasteiger partial charge on any atom is -0.330 e. The number of aromatic amines is 1. The summed E-state index contributed by atoms with van der Waals surface area (Å²) >= 11 is 0. The van der Waals surface area contributed by atoms with Crippen molar-refractivity contribution in [2.24, 2.45) is 0 Å². The van der Waals surface area contributed by atoms with Gasteiger partial charge in [0, 0.05) is 11.8 Å². The van der Waals surface area contributed by atoms with Crippen molar-refractivity contribution in [2.45, 2.75) is 6.92 Å². The molecule has 0 aliphatic heterocycles. The molecule has 0 aliphatic carbocycles. The molecule has 0 aliphatic rings. The Kier molecular flexibility index (Phi) is 2.72. The second kappa shape index (κ2) is 4.18. The third-order valence-corrected chi connectivity index (χ3v) is 2.13. The van der Waals surface area contributed by atoms with E-state index in [-0.39, 0.29) is 5.91 Å². The lowest BCUT2D eigenvalue weighted by Crippen LogP contribution is -2.12. The van der Waals surface area contributed by atoms with Crippen molar-refractivity contribution in [3.05, 3.63) is 54.2 Å². The Morgan fingerprint density at radius 3 is 2.94 bits per heavy atom. The number of amides is 1. The Balaban J connectivity index is 2.14. The summed E-state index contributed by atoms with van der Waals surface area (Å²) in [6.07, 6.45) is 1.73. The van der Waals surface area contributed by atoms with E-state index >= 15 is 0 Å². The topological polar surface area (TPSA) is 57.8 Å². The van der Waals surface area contributed by atoms with Gasteiger partial charge in [0.2, 0.25) is 5.95 Å². The van der Waals surface area contributed by atoms with Crippen LogP contribution in [-0.2, 0) is 0 Å². The van der Waals surface area contributed by atoms with E-state index in [0.29, 0.717) is 11.5 Å². The third kappa shape index (κ3) is 2.28. The highest BCUT2D eigenvalue weighted by Gasteiger charge is 2.07. The van der Waals surface area contributed by atoms with Gasteiger partial charge in [0.1, 0.15) is 0 Å². The van der Waals surface area contributed by atoms with Crippen LogP contribution >= 0.6 is 0 Å². The standard InChI is InChI=1S/C12H12N3O/c1-8-4-3-5-10(6-8)11(16)15-12-13-7-9(2)14-12/h3-7H,1H2,2H3,(H2,13,14,15,16).